The van der Waals surface area contributed by atoms with Crippen molar-refractivity contribution in [2.45, 2.75) is 33.7 Å². The molecular formula is C14H21NO2. The molecule has 1 rings (SSSR count). The molecule has 0 bridgehead atoms. The SMILES string of the molecule is Cc1cc(C)c(C)c(C(C(=O)O)N(C)C)c1C. The highest BCUT2D eigenvalue weighted by Crippen LogP contribution is 2.30. The number of hydrogen-bond acceptors (Lipinski definition) is 2. The Morgan fingerprint density at radius 3 is 1.82 bits per heavy atom. The number of hydrogen-bond donors (Lipinski definition) is 1. The van der Waals surface area contributed by atoms with Crippen molar-refractivity contribution in [1.29, 1.82) is 0 Å². The Bertz CT molecular complexity index is 424. The van der Waals surface area contributed by atoms with Gasteiger partial charge in [-0.15, -0.1) is 0 Å². The van der Waals surface area contributed by atoms with E-state index in [1.165, 1.54) is 0 Å². The second-order valence-corrected chi connectivity index (χ2v) is 4.88. The van der Waals surface area contributed by atoms with Gasteiger partial charge in [-0.25, -0.2) is 0 Å². The Kier molecular flexibility index (Phi) is 3.94. The molecule has 94 valence electrons. The molecule has 0 fully saturated rings. The number of likely N-dealkylation sites (N-methyl/N-ethyl adjacent to an activating group) is 1. The Hall–Kier alpha value is -1.35. The van der Waals surface area contributed by atoms with Crippen LogP contribution in [0.5, 0.6) is 0 Å². The van der Waals surface area contributed by atoms with Crippen LogP contribution >= 0.6 is 0 Å². The van der Waals surface area contributed by atoms with E-state index in [4.69, 9.17) is 0 Å². The molecule has 0 radical (unpaired) electrons. The van der Waals surface area contributed by atoms with Crippen LogP contribution in [0.3, 0.4) is 0 Å². The summed E-state index contributed by atoms with van der Waals surface area (Å²) in [5, 5.41) is 9.39. The van der Waals surface area contributed by atoms with Crippen molar-refractivity contribution < 1.29 is 9.90 Å². The maximum atomic E-state index is 11.4. The zero-order chi connectivity index (χ0) is 13.3. The summed E-state index contributed by atoms with van der Waals surface area (Å²) in [4.78, 5) is 13.2. The van der Waals surface area contributed by atoms with Gasteiger partial charge in [-0.3, -0.25) is 9.69 Å². The molecule has 0 saturated heterocycles. The van der Waals surface area contributed by atoms with E-state index in [0.717, 1.165) is 27.8 Å². The normalized spacial score (nSPS) is 12.9. The van der Waals surface area contributed by atoms with Crippen LogP contribution in [0.25, 0.3) is 0 Å². The van der Waals surface area contributed by atoms with Crippen molar-refractivity contribution in [2.24, 2.45) is 0 Å². The molecule has 0 aliphatic rings. The van der Waals surface area contributed by atoms with Crippen molar-refractivity contribution >= 4 is 5.97 Å². The first-order valence-electron chi connectivity index (χ1n) is 5.74. The number of carboxylic acids is 1. The second-order valence-electron chi connectivity index (χ2n) is 4.88. The smallest absolute Gasteiger partial charge is 0.325 e. The Labute approximate surface area is 103 Å². The highest BCUT2D eigenvalue weighted by atomic mass is 16.4. The third-order valence-electron chi connectivity index (χ3n) is 3.45. The number of aryl methyl sites for hydroxylation is 2. The minimum atomic E-state index is -0.800. The maximum Gasteiger partial charge on any atom is 0.325 e. The van der Waals surface area contributed by atoms with Crippen LogP contribution in [0.1, 0.15) is 33.9 Å². The number of nitrogens with zero attached hydrogens (tertiary/aromatic N) is 1. The van der Waals surface area contributed by atoms with Gasteiger partial charge >= 0.3 is 5.97 Å². The van der Waals surface area contributed by atoms with Gasteiger partial charge in [-0.05, 0) is 69.6 Å². The second kappa shape index (κ2) is 4.88. The predicted octanol–water partition coefficient (Wildman–Crippen LogP) is 2.61. The van der Waals surface area contributed by atoms with Gasteiger partial charge in [-0.2, -0.15) is 0 Å². The largest absolute Gasteiger partial charge is 0.480 e. The van der Waals surface area contributed by atoms with Crippen molar-refractivity contribution in [3.8, 4) is 0 Å². The molecule has 1 aromatic rings. The van der Waals surface area contributed by atoms with Gasteiger partial charge in [0.25, 0.3) is 0 Å². The molecule has 1 unspecified atom stereocenters. The molecule has 1 atom stereocenters. The molecule has 1 N–H and O–H groups in total. The summed E-state index contributed by atoms with van der Waals surface area (Å²) in [7, 11) is 3.60. The van der Waals surface area contributed by atoms with Gasteiger partial charge in [0, 0.05) is 0 Å². The first kappa shape index (κ1) is 13.7. The Balaban J connectivity index is 3.52. The van der Waals surface area contributed by atoms with Crippen LogP contribution in [-0.2, 0) is 4.79 Å². The third-order valence-corrected chi connectivity index (χ3v) is 3.45. The summed E-state index contributed by atoms with van der Waals surface area (Å²) in [6, 6.07) is 1.54. The molecule has 17 heavy (non-hydrogen) atoms. The van der Waals surface area contributed by atoms with E-state index >= 15 is 0 Å². The van der Waals surface area contributed by atoms with Gasteiger partial charge < -0.3 is 5.11 Å². The summed E-state index contributed by atoms with van der Waals surface area (Å²) in [5.74, 6) is -0.800. The van der Waals surface area contributed by atoms with Crippen LogP contribution in [0.2, 0.25) is 0 Å². The Morgan fingerprint density at radius 2 is 1.53 bits per heavy atom. The van der Waals surface area contributed by atoms with Crippen LogP contribution in [0.15, 0.2) is 6.07 Å². The molecule has 1 aromatic carbocycles. The molecular weight excluding hydrogens is 214 g/mol. The summed E-state index contributed by atoms with van der Waals surface area (Å²) in [5.41, 5.74) is 5.39. The van der Waals surface area contributed by atoms with E-state index in [0.29, 0.717) is 0 Å². The lowest BCUT2D eigenvalue weighted by Gasteiger charge is -2.26. The summed E-state index contributed by atoms with van der Waals surface area (Å²) in [6.07, 6.45) is 0. The van der Waals surface area contributed by atoms with Crippen molar-refractivity contribution in [2.75, 3.05) is 14.1 Å². The van der Waals surface area contributed by atoms with Gasteiger partial charge in [0.05, 0.1) is 0 Å². The van der Waals surface area contributed by atoms with Gasteiger partial charge in [-0.1, -0.05) is 6.07 Å². The Morgan fingerprint density at radius 1 is 1.12 bits per heavy atom. The van der Waals surface area contributed by atoms with Gasteiger partial charge in [0.2, 0.25) is 0 Å². The van der Waals surface area contributed by atoms with Crippen LogP contribution in [-0.4, -0.2) is 30.1 Å². The molecule has 0 saturated carbocycles. The highest BCUT2D eigenvalue weighted by Gasteiger charge is 2.26. The molecule has 0 heterocycles. The van der Waals surface area contributed by atoms with Crippen LogP contribution in [0, 0.1) is 27.7 Å². The van der Waals surface area contributed by atoms with E-state index in [1.807, 2.05) is 27.7 Å². The molecule has 0 aromatic heterocycles. The topological polar surface area (TPSA) is 40.5 Å². The number of carboxylic acid groups (broad SMARTS) is 1. The zero-order valence-corrected chi connectivity index (χ0v) is 11.5. The fraction of sp³-hybridized carbons (Fsp3) is 0.500. The van der Waals surface area contributed by atoms with Crippen molar-refractivity contribution in [3.63, 3.8) is 0 Å². The molecule has 0 aliphatic heterocycles. The molecule has 0 amide bonds. The van der Waals surface area contributed by atoms with Crippen LogP contribution in [0.4, 0.5) is 0 Å². The number of carbonyl (C=O) groups is 1. The first-order chi connectivity index (χ1) is 7.77. The molecule has 3 nitrogen and oxygen atoms in total. The maximum absolute atomic E-state index is 11.4. The quantitative estimate of drug-likeness (QED) is 0.875. The average molecular weight is 235 g/mol. The minimum absolute atomic E-state index is 0.575. The lowest BCUT2D eigenvalue weighted by atomic mass is 9.89. The molecule has 3 heteroatoms. The zero-order valence-electron chi connectivity index (χ0n) is 11.5. The van der Waals surface area contributed by atoms with E-state index in [1.54, 1.807) is 19.0 Å². The van der Waals surface area contributed by atoms with E-state index in [9.17, 15) is 9.90 Å². The van der Waals surface area contributed by atoms with E-state index in [-0.39, 0.29) is 0 Å². The van der Waals surface area contributed by atoms with Gasteiger partial charge in [0.1, 0.15) is 6.04 Å². The van der Waals surface area contributed by atoms with E-state index in [2.05, 4.69) is 6.07 Å². The van der Waals surface area contributed by atoms with Crippen molar-refractivity contribution in [1.82, 2.24) is 4.90 Å². The number of benzene rings is 1. The third kappa shape index (κ3) is 2.50. The lowest BCUT2D eigenvalue weighted by Crippen LogP contribution is -2.29. The summed E-state index contributed by atoms with van der Waals surface area (Å²) < 4.78 is 0. The van der Waals surface area contributed by atoms with E-state index < -0.39 is 12.0 Å². The standard InChI is InChI=1S/C14H21NO2/c1-8-7-9(2)11(4)12(10(8)3)13(14(16)17)15(5)6/h7,13H,1-6H3,(H,16,17). The fourth-order valence-electron chi connectivity index (χ4n) is 2.26. The van der Waals surface area contributed by atoms with Crippen LogP contribution < -0.4 is 0 Å². The lowest BCUT2D eigenvalue weighted by molar-refractivity contribution is -0.142. The summed E-state index contributed by atoms with van der Waals surface area (Å²) >= 11 is 0. The molecule has 0 aliphatic carbocycles. The van der Waals surface area contributed by atoms with Crippen molar-refractivity contribution in [3.05, 3.63) is 33.9 Å². The fourth-order valence-corrected chi connectivity index (χ4v) is 2.26. The monoisotopic (exact) mass is 235 g/mol. The summed E-state index contributed by atoms with van der Waals surface area (Å²) in [6.45, 7) is 8.05. The minimum Gasteiger partial charge on any atom is -0.480 e. The number of aliphatic carboxylic acids is 1. The predicted molar refractivity (Wildman–Crippen MR) is 69.5 cm³/mol. The average Bonchev–Trinajstić information content (AvgIpc) is 2.20. The molecule has 0 spiro atoms. The van der Waals surface area contributed by atoms with Gasteiger partial charge in [0.15, 0.2) is 0 Å². The highest BCUT2D eigenvalue weighted by molar-refractivity contribution is 5.77. The number of rotatable bonds is 3. The first-order valence-corrected chi connectivity index (χ1v) is 5.74.